The van der Waals surface area contributed by atoms with Gasteiger partial charge in [-0.2, -0.15) is 0 Å². The third-order valence-corrected chi connectivity index (χ3v) is 3.11. The summed E-state index contributed by atoms with van der Waals surface area (Å²) in [7, 11) is 1.51. The number of carbonyl (C=O) groups excluding carboxylic acids is 2. The minimum absolute atomic E-state index is 0.183. The first-order chi connectivity index (χ1) is 11.6. The number of benzene rings is 2. The fourth-order valence-electron chi connectivity index (χ4n) is 2.04. The molecule has 0 atom stereocenters. The number of anilines is 1. The van der Waals surface area contributed by atoms with E-state index in [9.17, 15) is 9.59 Å². The third kappa shape index (κ3) is 4.74. The second-order valence-corrected chi connectivity index (χ2v) is 4.78. The standard InChI is InChI=1S/C18H19NO5/c1-3-23-17(20)12-24-14-8-6-7-13(11-14)19-18(21)15-9-4-5-10-16(15)22-2/h4-11H,3,12H2,1-2H3,(H,19,21). The molecule has 0 aliphatic heterocycles. The van der Waals surface area contributed by atoms with Gasteiger partial charge in [0.1, 0.15) is 11.5 Å². The van der Waals surface area contributed by atoms with Crippen LogP contribution in [0.4, 0.5) is 5.69 Å². The van der Waals surface area contributed by atoms with Gasteiger partial charge in [-0.25, -0.2) is 4.79 Å². The SMILES string of the molecule is CCOC(=O)COc1cccc(NC(=O)c2ccccc2OC)c1. The Bertz CT molecular complexity index is 714. The lowest BCUT2D eigenvalue weighted by Gasteiger charge is -2.10. The molecule has 0 aromatic heterocycles. The van der Waals surface area contributed by atoms with E-state index in [2.05, 4.69) is 5.32 Å². The van der Waals surface area contributed by atoms with Crippen LogP contribution in [0.1, 0.15) is 17.3 Å². The number of methoxy groups -OCH3 is 1. The number of para-hydroxylation sites is 1. The number of hydrogen-bond acceptors (Lipinski definition) is 5. The molecule has 0 saturated carbocycles. The molecule has 126 valence electrons. The summed E-state index contributed by atoms with van der Waals surface area (Å²) in [6.45, 7) is 1.85. The van der Waals surface area contributed by atoms with Crippen LogP contribution in [-0.2, 0) is 9.53 Å². The number of ether oxygens (including phenoxy) is 3. The number of nitrogens with one attached hydrogen (secondary N) is 1. The summed E-state index contributed by atoms with van der Waals surface area (Å²) >= 11 is 0. The summed E-state index contributed by atoms with van der Waals surface area (Å²) < 4.78 is 15.3. The molecule has 0 heterocycles. The molecule has 0 fully saturated rings. The van der Waals surface area contributed by atoms with Crippen molar-refractivity contribution in [1.82, 2.24) is 0 Å². The summed E-state index contributed by atoms with van der Waals surface area (Å²) in [5.41, 5.74) is 0.977. The molecule has 1 amide bonds. The van der Waals surface area contributed by atoms with Crippen molar-refractivity contribution in [3.63, 3.8) is 0 Å². The number of carbonyl (C=O) groups is 2. The number of hydrogen-bond donors (Lipinski definition) is 1. The van der Waals surface area contributed by atoms with Gasteiger partial charge >= 0.3 is 5.97 Å². The summed E-state index contributed by atoms with van der Waals surface area (Å²) in [6, 6.07) is 13.7. The summed E-state index contributed by atoms with van der Waals surface area (Å²) in [4.78, 5) is 23.7. The van der Waals surface area contributed by atoms with E-state index in [-0.39, 0.29) is 12.5 Å². The van der Waals surface area contributed by atoms with Crippen LogP contribution in [0.15, 0.2) is 48.5 Å². The van der Waals surface area contributed by atoms with Crippen molar-refractivity contribution in [2.45, 2.75) is 6.92 Å². The van der Waals surface area contributed by atoms with E-state index in [1.807, 2.05) is 0 Å². The van der Waals surface area contributed by atoms with Gasteiger partial charge in [0.2, 0.25) is 0 Å². The zero-order valence-corrected chi connectivity index (χ0v) is 13.6. The number of esters is 1. The second kappa shape index (κ2) is 8.57. The van der Waals surface area contributed by atoms with Crippen LogP contribution in [0.2, 0.25) is 0 Å². The minimum Gasteiger partial charge on any atom is -0.496 e. The molecule has 2 aromatic rings. The highest BCUT2D eigenvalue weighted by Crippen LogP contribution is 2.21. The monoisotopic (exact) mass is 329 g/mol. The Labute approximate surface area is 140 Å². The molecule has 6 heteroatoms. The quantitative estimate of drug-likeness (QED) is 0.791. The molecule has 24 heavy (non-hydrogen) atoms. The van der Waals surface area contributed by atoms with Crippen molar-refractivity contribution in [3.8, 4) is 11.5 Å². The number of rotatable bonds is 7. The Kier molecular flexibility index (Phi) is 6.19. The van der Waals surface area contributed by atoms with E-state index in [1.165, 1.54) is 7.11 Å². The van der Waals surface area contributed by atoms with Gasteiger partial charge in [-0.15, -0.1) is 0 Å². The third-order valence-electron chi connectivity index (χ3n) is 3.11. The van der Waals surface area contributed by atoms with Gasteiger partial charge < -0.3 is 19.5 Å². The molecule has 0 aliphatic rings. The predicted octanol–water partition coefficient (Wildman–Crippen LogP) is 2.89. The highest BCUT2D eigenvalue weighted by atomic mass is 16.6. The van der Waals surface area contributed by atoms with Crippen LogP contribution in [0.25, 0.3) is 0 Å². The van der Waals surface area contributed by atoms with Gasteiger partial charge in [-0.3, -0.25) is 4.79 Å². The Balaban J connectivity index is 2.03. The summed E-state index contributed by atoms with van der Waals surface area (Å²) in [6.07, 6.45) is 0. The van der Waals surface area contributed by atoms with Crippen molar-refractivity contribution in [2.24, 2.45) is 0 Å². The molecule has 6 nitrogen and oxygen atoms in total. The lowest BCUT2D eigenvalue weighted by Crippen LogP contribution is -2.15. The Morgan fingerprint density at radius 1 is 1.08 bits per heavy atom. The normalized spacial score (nSPS) is 9.92. The Hall–Kier alpha value is -3.02. The van der Waals surface area contributed by atoms with E-state index < -0.39 is 5.97 Å². The molecular formula is C18H19NO5. The molecule has 1 N–H and O–H groups in total. The summed E-state index contributed by atoms with van der Waals surface area (Å²) in [5.74, 6) is 0.210. The van der Waals surface area contributed by atoms with Crippen molar-refractivity contribution < 1.29 is 23.8 Å². The van der Waals surface area contributed by atoms with Crippen molar-refractivity contribution in [3.05, 3.63) is 54.1 Å². The van der Waals surface area contributed by atoms with Gasteiger partial charge in [0.25, 0.3) is 5.91 Å². The highest BCUT2D eigenvalue weighted by molar-refractivity contribution is 6.06. The molecule has 0 bridgehead atoms. The molecule has 2 rings (SSSR count). The average molecular weight is 329 g/mol. The zero-order valence-electron chi connectivity index (χ0n) is 13.6. The molecule has 0 unspecified atom stereocenters. The van der Waals surface area contributed by atoms with E-state index in [0.29, 0.717) is 29.4 Å². The van der Waals surface area contributed by atoms with E-state index in [4.69, 9.17) is 14.2 Å². The van der Waals surface area contributed by atoms with Crippen molar-refractivity contribution in [2.75, 3.05) is 25.6 Å². The van der Waals surface area contributed by atoms with E-state index in [1.54, 1.807) is 55.5 Å². The molecule has 0 aliphatic carbocycles. The maximum Gasteiger partial charge on any atom is 0.344 e. The van der Waals surface area contributed by atoms with Crippen LogP contribution < -0.4 is 14.8 Å². The molecular weight excluding hydrogens is 310 g/mol. The fraction of sp³-hybridized carbons (Fsp3) is 0.222. The highest BCUT2D eigenvalue weighted by Gasteiger charge is 2.12. The first-order valence-corrected chi connectivity index (χ1v) is 7.47. The van der Waals surface area contributed by atoms with Crippen molar-refractivity contribution >= 4 is 17.6 Å². The molecule has 0 radical (unpaired) electrons. The van der Waals surface area contributed by atoms with Crippen LogP contribution in [0.5, 0.6) is 11.5 Å². The Morgan fingerprint density at radius 3 is 2.62 bits per heavy atom. The van der Waals surface area contributed by atoms with Crippen LogP contribution in [0, 0.1) is 0 Å². The van der Waals surface area contributed by atoms with Gasteiger partial charge in [0.15, 0.2) is 6.61 Å². The predicted molar refractivity (Wildman–Crippen MR) is 89.5 cm³/mol. The largest absolute Gasteiger partial charge is 0.496 e. The van der Waals surface area contributed by atoms with Crippen LogP contribution >= 0.6 is 0 Å². The van der Waals surface area contributed by atoms with Gasteiger partial charge in [-0.05, 0) is 31.2 Å². The lowest BCUT2D eigenvalue weighted by molar-refractivity contribution is -0.145. The van der Waals surface area contributed by atoms with Crippen molar-refractivity contribution in [1.29, 1.82) is 0 Å². The van der Waals surface area contributed by atoms with E-state index >= 15 is 0 Å². The van der Waals surface area contributed by atoms with Crippen LogP contribution in [-0.4, -0.2) is 32.2 Å². The topological polar surface area (TPSA) is 73.9 Å². The maximum atomic E-state index is 12.4. The zero-order chi connectivity index (χ0) is 17.4. The Morgan fingerprint density at radius 2 is 1.88 bits per heavy atom. The summed E-state index contributed by atoms with van der Waals surface area (Å²) in [5, 5.41) is 2.77. The number of amides is 1. The van der Waals surface area contributed by atoms with Crippen LogP contribution in [0.3, 0.4) is 0 Å². The van der Waals surface area contributed by atoms with E-state index in [0.717, 1.165) is 0 Å². The second-order valence-electron chi connectivity index (χ2n) is 4.78. The first kappa shape index (κ1) is 17.3. The fourth-order valence-corrected chi connectivity index (χ4v) is 2.04. The lowest BCUT2D eigenvalue weighted by atomic mass is 10.2. The van der Waals surface area contributed by atoms with Gasteiger partial charge in [-0.1, -0.05) is 18.2 Å². The average Bonchev–Trinajstić information content (AvgIpc) is 2.60. The molecule has 0 spiro atoms. The maximum absolute atomic E-state index is 12.4. The minimum atomic E-state index is -0.444. The molecule has 0 saturated heterocycles. The molecule has 2 aromatic carbocycles. The smallest absolute Gasteiger partial charge is 0.344 e. The first-order valence-electron chi connectivity index (χ1n) is 7.47. The van der Waals surface area contributed by atoms with Gasteiger partial charge in [0.05, 0.1) is 19.3 Å². The van der Waals surface area contributed by atoms with Gasteiger partial charge in [0, 0.05) is 11.8 Å².